The van der Waals surface area contributed by atoms with Crippen LogP contribution in [0.2, 0.25) is 0 Å². The molecule has 2 heterocycles. The van der Waals surface area contributed by atoms with Gasteiger partial charge in [0.25, 0.3) is 0 Å². The zero-order valence-corrected chi connectivity index (χ0v) is 14.6. The number of aliphatic hydroxyl groups is 1. The van der Waals surface area contributed by atoms with Gasteiger partial charge in [0.1, 0.15) is 0 Å². The Bertz CT molecular complexity index is 538. The van der Waals surface area contributed by atoms with E-state index in [9.17, 15) is 4.79 Å². The Balaban J connectivity index is 1.47. The van der Waals surface area contributed by atoms with Gasteiger partial charge in [0.05, 0.1) is 0 Å². The summed E-state index contributed by atoms with van der Waals surface area (Å²) in [7, 11) is 0. The van der Waals surface area contributed by atoms with Gasteiger partial charge < -0.3 is 20.2 Å². The van der Waals surface area contributed by atoms with E-state index in [1.165, 1.54) is 18.5 Å². The number of likely N-dealkylation sites (tertiary alicyclic amines) is 1. The maximum absolute atomic E-state index is 12.2. The van der Waals surface area contributed by atoms with Crippen molar-refractivity contribution in [3.63, 3.8) is 0 Å². The van der Waals surface area contributed by atoms with Crippen molar-refractivity contribution in [1.82, 2.24) is 10.2 Å². The average Bonchev–Trinajstić information content (AvgIpc) is 3.10. The number of nitrogens with one attached hydrogen (secondary N) is 1. The molecule has 2 saturated heterocycles. The van der Waals surface area contributed by atoms with E-state index >= 15 is 0 Å². The fourth-order valence-electron chi connectivity index (χ4n) is 3.55. The molecule has 132 valence electrons. The van der Waals surface area contributed by atoms with Crippen LogP contribution >= 0.6 is 0 Å². The lowest BCUT2D eigenvalue weighted by atomic mass is 9.99. The molecule has 24 heavy (non-hydrogen) atoms. The molecule has 5 nitrogen and oxygen atoms in total. The number of rotatable bonds is 4. The zero-order chi connectivity index (χ0) is 16.9. The number of anilines is 1. The number of piperidine rings is 1. The number of aliphatic hydroxyl groups excluding tert-OH is 1. The summed E-state index contributed by atoms with van der Waals surface area (Å²) in [6.45, 7) is 6.72. The van der Waals surface area contributed by atoms with E-state index in [1.807, 2.05) is 0 Å². The van der Waals surface area contributed by atoms with E-state index in [1.54, 1.807) is 4.90 Å². The third-order valence-electron chi connectivity index (χ3n) is 5.36. The van der Waals surface area contributed by atoms with Crippen LogP contribution in [0.25, 0.3) is 0 Å². The summed E-state index contributed by atoms with van der Waals surface area (Å²) in [6.07, 6.45) is 3.43. The monoisotopic (exact) mass is 331 g/mol. The zero-order valence-electron chi connectivity index (χ0n) is 14.6. The standard InChI is InChI=1S/C19H29N3O2/c1-15-6-9-21(10-7-15)18-4-2-16(3-5-18)12-20-19(24)22-11-8-17(13-22)14-23/h2-5,15,17,23H,6-14H2,1H3,(H,20,24). The van der Waals surface area contributed by atoms with Crippen LogP contribution in [0, 0.1) is 11.8 Å². The van der Waals surface area contributed by atoms with Gasteiger partial charge in [0, 0.05) is 50.9 Å². The first-order valence-corrected chi connectivity index (χ1v) is 9.13. The lowest BCUT2D eigenvalue weighted by molar-refractivity contribution is 0.198. The normalized spacial score (nSPS) is 22.0. The second-order valence-electron chi connectivity index (χ2n) is 7.28. The Morgan fingerprint density at radius 3 is 2.50 bits per heavy atom. The summed E-state index contributed by atoms with van der Waals surface area (Å²) in [5.74, 6) is 1.08. The van der Waals surface area contributed by atoms with Crippen LogP contribution in [0.3, 0.4) is 0 Å². The summed E-state index contributed by atoms with van der Waals surface area (Å²) in [6, 6.07) is 8.51. The van der Waals surface area contributed by atoms with E-state index in [2.05, 4.69) is 41.4 Å². The summed E-state index contributed by atoms with van der Waals surface area (Å²) in [5, 5.41) is 12.1. The van der Waals surface area contributed by atoms with Crippen molar-refractivity contribution in [3.8, 4) is 0 Å². The Kier molecular flexibility index (Phi) is 5.61. The van der Waals surface area contributed by atoms with Crippen LogP contribution in [0.4, 0.5) is 10.5 Å². The minimum Gasteiger partial charge on any atom is -0.396 e. The molecule has 1 aromatic carbocycles. The number of amides is 2. The number of carbonyl (C=O) groups is 1. The number of urea groups is 1. The van der Waals surface area contributed by atoms with Crippen LogP contribution in [-0.2, 0) is 6.54 Å². The van der Waals surface area contributed by atoms with Crippen LogP contribution < -0.4 is 10.2 Å². The molecule has 0 spiro atoms. The summed E-state index contributed by atoms with van der Waals surface area (Å²) in [4.78, 5) is 16.4. The molecular weight excluding hydrogens is 302 g/mol. The van der Waals surface area contributed by atoms with Crippen molar-refractivity contribution >= 4 is 11.7 Å². The van der Waals surface area contributed by atoms with Crippen LogP contribution in [0.5, 0.6) is 0 Å². The van der Waals surface area contributed by atoms with Gasteiger partial charge >= 0.3 is 6.03 Å². The topological polar surface area (TPSA) is 55.8 Å². The molecule has 0 aromatic heterocycles. The van der Waals surface area contributed by atoms with Gasteiger partial charge in [-0.05, 0) is 42.9 Å². The predicted octanol–water partition coefficient (Wildman–Crippen LogP) is 2.45. The van der Waals surface area contributed by atoms with E-state index in [4.69, 9.17) is 5.11 Å². The van der Waals surface area contributed by atoms with Crippen molar-refractivity contribution in [3.05, 3.63) is 29.8 Å². The number of carbonyl (C=O) groups excluding carboxylic acids is 1. The van der Waals surface area contributed by atoms with E-state index < -0.39 is 0 Å². The van der Waals surface area contributed by atoms with Gasteiger partial charge in [-0.1, -0.05) is 19.1 Å². The molecule has 1 unspecified atom stereocenters. The number of nitrogens with zero attached hydrogens (tertiary/aromatic N) is 2. The molecule has 0 bridgehead atoms. The van der Waals surface area contributed by atoms with E-state index in [0.717, 1.165) is 37.5 Å². The van der Waals surface area contributed by atoms with Crippen LogP contribution in [0.1, 0.15) is 31.7 Å². The van der Waals surface area contributed by atoms with E-state index in [0.29, 0.717) is 13.1 Å². The smallest absolute Gasteiger partial charge is 0.317 e. The van der Waals surface area contributed by atoms with E-state index in [-0.39, 0.29) is 18.6 Å². The second-order valence-corrected chi connectivity index (χ2v) is 7.28. The Morgan fingerprint density at radius 1 is 1.17 bits per heavy atom. The molecule has 0 radical (unpaired) electrons. The van der Waals surface area contributed by atoms with Crippen molar-refractivity contribution in [2.24, 2.45) is 11.8 Å². The third-order valence-corrected chi connectivity index (χ3v) is 5.36. The molecule has 1 atom stereocenters. The maximum atomic E-state index is 12.2. The molecule has 2 aliphatic heterocycles. The fourth-order valence-corrected chi connectivity index (χ4v) is 3.55. The molecular formula is C19H29N3O2. The largest absolute Gasteiger partial charge is 0.396 e. The van der Waals surface area contributed by atoms with Crippen molar-refractivity contribution in [2.75, 3.05) is 37.7 Å². The molecule has 2 N–H and O–H groups in total. The summed E-state index contributed by atoms with van der Waals surface area (Å²) in [5.41, 5.74) is 2.40. The fraction of sp³-hybridized carbons (Fsp3) is 0.632. The van der Waals surface area contributed by atoms with Gasteiger partial charge in [-0.15, -0.1) is 0 Å². The molecule has 0 aliphatic carbocycles. The average molecular weight is 331 g/mol. The molecule has 2 aliphatic rings. The summed E-state index contributed by atoms with van der Waals surface area (Å²) >= 11 is 0. The van der Waals surface area contributed by atoms with Crippen molar-refractivity contribution < 1.29 is 9.90 Å². The third kappa shape index (κ3) is 4.20. The van der Waals surface area contributed by atoms with Gasteiger partial charge in [-0.2, -0.15) is 0 Å². The Hall–Kier alpha value is -1.75. The minimum atomic E-state index is -0.0277. The van der Waals surface area contributed by atoms with Gasteiger partial charge in [0.15, 0.2) is 0 Å². The highest BCUT2D eigenvalue weighted by Crippen LogP contribution is 2.23. The molecule has 2 amide bonds. The highest BCUT2D eigenvalue weighted by Gasteiger charge is 2.25. The first kappa shape index (κ1) is 17.1. The Labute approximate surface area is 144 Å². The van der Waals surface area contributed by atoms with Crippen molar-refractivity contribution in [2.45, 2.75) is 32.7 Å². The van der Waals surface area contributed by atoms with Crippen LogP contribution in [0.15, 0.2) is 24.3 Å². The summed E-state index contributed by atoms with van der Waals surface area (Å²) < 4.78 is 0. The lowest BCUT2D eigenvalue weighted by Crippen LogP contribution is -2.38. The SMILES string of the molecule is CC1CCN(c2ccc(CNC(=O)N3CCC(CO)C3)cc2)CC1. The molecule has 1 aromatic rings. The van der Waals surface area contributed by atoms with Gasteiger partial charge in [-0.25, -0.2) is 4.79 Å². The predicted molar refractivity (Wildman–Crippen MR) is 96.1 cm³/mol. The Morgan fingerprint density at radius 2 is 1.88 bits per heavy atom. The van der Waals surface area contributed by atoms with Gasteiger partial charge in [0.2, 0.25) is 0 Å². The maximum Gasteiger partial charge on any atom is 0.317 e. The number of hydrogen-bond acceptors (Lipinski definition) is 3. The minimum absolute atomic E-state index is 0.0277. The highest BCUT2D eigenvalue weighted by atomic mass is 16.3. The first-order chi connectivity index (χ1) is 11.7. The molecule has 3 rings (SSSR count). The lowest BCUT2D eigenvalue weighted by Gasteiger charge is -2.32. The highest BCUT2D eigenvalue weighted by molar-refractivity contribution is 5.74. The molecule has 0 saturated carbocycles. The number of benzene rings is 1. The second kappa shape index (κ2) is 7.88. The van der Waals surface area contributed by atoms with Gasteiger partial charge in [-0.3, -0.25) is 0 Å². The van der Waals surface area contributed by atoms with Crippen LogP contribution in [-0.4, -0.2) is 48.8 Å². The van der Waals surface area contributed by atoms with Crippen molar-refractivity contribution in [1.29, 1.82) is 0 Å². The first-order valence-electron chi connectivity index (χ1n) is 9.13. The quantitative estimate of drug-likeness (QED) is 0.891. The number of hydrogen-bond donors (Lipinski definition) is 2. The molecule has 2 fully saturated rings. The molecule has 5 heteroatoms.